The number of para-hydroxylation sites is 1. The van der Waals surface area contributed by atoms with Crippen LogP contribution in [0.3, 0.4) is 0 Å². The average Bonchev–Trinajstić information content (AvgIpc) is 2.97. The zero-order chi connectivity index (χ0) is 29.9. The summed E-state index contributed by atoms with van der Waals surface area (Å²) in [6.45, 7) is 4.93. The van der Waals surface area contributed by atoms with Gasteiger partial charge >= 0.3 is 0 Å². The Morgan fingerprint density at radius 1 is 0.951 bits per heavy atom. The van der Waals surface area contributed by atoms with Crippen LogP contribution in [0.5, 0.6) is 5.75 Å². The van der Waals surface area contributed by atoms with Gasteiger partial charge in [-0.3, -0.25) is 9.59 Å². The molecule has 0 unspecified atom stereocenters. The fourth-order valence-electron chi connectivity index (χ4n) is 5.38. The van der Waals surface area contributed by atoms with Gasteiger partial charge in [0.05, 0.1) is 16.2 Å². The Hall–Kier alpha value is -1.65. The van der Waals surface area contributed by atoms with Crippen LogP contribution in [0, 0.1) is 3.57 Å². The van der Waals surface area contributed by atoms with Crippen molar-refractivity contribution in [2.24, 2.45) is 0 Å². The first-order valence-corrected chi connectivity index (χ1v) is 17.0. The van der Waals surface area contributed by atoms with Crippen LogP contribution in [0.25, 0.3) is 0 Å². The largest absolute Gasteiger partial charge is 0.482 e. The lowest BCUT2D eigenvalue weighted by Gasteiger charge is -2.40. The van der Waals surface area contributed by atoms with Crippen molar-refractivity contribution < 1.29 is 24.5 Å². The Morgan fingerprint density at radius 2 is 1.56 bits per heavy atom. The van der Waals surface area contributed by atoms with E-state index in [0.29, 0.717) is 24.3 Å². The third-order valence-electron chi connectivity index (χ3n) is 7.78. The van der Waals surface area contributed by atoms with Crippen molar-refractivity contribution in [2.75, 3.05) is 19.7 Å². The molecule has 1 aromatic rings. The number of aliphatic hydroxyl groups excluding tert-OH is 2. The lowest BCUT2D eigenvalue weighted by atomic mass is 9.87. The molecule has 8 heteroatoms. The van der Waals surface area contributed by atoms with Gasteiger partial charge in [-0.1, -0.05) is 96.6 Å². The minimum absolute atomic E-state index is 0.0403. The van der Waals surface area contributed by atoms with Gasteiger partial charge in [-0.25, -0.2) is 0 Å². The molecule has 1 aliphatic carbocycles. The first-order chi connectivity index (χ1) is 19.9. The van der Waals surface area contributed by atoms with Gasteiger partial charge < -0.3 is 25.2 Å². The zero-order valence-corrected chi connectivity index (χ0v) is 27.4. The fraction of sp³-hybridized carbons (Fsp3) is 0.697. The number of carbonyl (C=O) groups excluding carboxylic acids is 2. The van der Waals surface area contributed by atoms with E-state index in [1.807, 2.05) is 29.2 Å². The Bertz CT molecular complexity index is 925. The van der Waals surface area contributed by atoms with Crippen LogP contribution in [0.4, 0.5) is 0 Å². The highest BCUT2D eigenvalue weighted by molar-refractivity contribution is 14.1. The van der Waals surface area contributed by atoms with Crippen molar-refractivity contribution in [3.8, 4) is 5.75 Å². The normalized spacial score (nSPS) is 18.6. The van der Waals surface area contributed by atoms with Crippen molar-refractivity contribution in [2.45, 2.75) is 128 Å². The molecule has 0 spiro atoms. The number of hydrogen-bond acceptors (Lipinski definition) is 5. The van der Waals surface area contributed by atoms with Gasteiger partial charge in [-0.15, -0.1) is 0 Å². The van der Waals surface area contributed by atoms with Crippen molar-refractivity contribution in [1.29, 1.82) is 0 Å². The van der Waals surface area contributed by atoms with Crippen LogP contribution < -0.4 is 10.1 Å². The van der Waals surface area contributed by atoms with E-state index in [9.17, 15) is 19.8 Å². The second kappa shape index (κ2) is 21.1. The number of carbonyl (C=O) groups is 2. The summed E-state index contributed by atoms with van der Waals surface area (Å²) in [6, 6.07) is 7.00. The van der Waals surface area contributed by atoms with Crippen molar-refractivity contribution in [3.63, 3.8) is 0 Å². The molecule has 0 fully saturated rings. The minimum Gasteiger partial charge on any atom is -0.482 e. The molecular weight excluding hydrogens is 631 g/mol. The smallest absolute Gasteiger partial charge is 0.247 e. The van der Waals surface area contributed by atoms with Crippen LogP contribution >= 0.6 is 22.6 Å². The third-order valence-corrected chi connectivity index (χ3v) is 8.67. The van der Waals surface area contributed by atoms with E-state index in [0.717, 1.165) is 48.5 Å². The maximum absolute atomic E-state index is 13.6. The molecule has 0 saturated heterocycles. The molecule has 2 rings (SSSR count). The second-order valence-corrected chi connectivity index (χ2v) is 12.3. The summed E-state index contributed by atoms with van der Waals surface area (Å²) < 4.78 is 7.15. The summed E-state index contributed by atoms with van der Waals surface area (Å²) in [6.07, 6.45) is 15.4. The van der Waals surface area contributed by atoms with Crippen LogP contribution in [-0.2, 0) is 9.59 Å². The van der Waals surface area contributed by atoms with Gasteiger partial charge in [-0.2, -0.15) is 0 Å². The molecule has 1 aromatic carbocycles. The van der Waals surface area contributed by atoms with E-state index in [-0.39, 0.29) is 31.4 Å². The lowest BCUT2D eigenvalue weighted by molar-refractivity contribution is -0.138. The maximum atomic E-state index is 13.6. The van der Waals surface area contributed by atoms with E-state index in [1.54, 1.807) is 6.08 Å². The number of rotatable bonds is 21. The number of ether oxygens (including phenoxy) is 1. The topological polar surface area (TPSA) is 99.1 Å². The molecule has 0 aromatic heterocycles. The first kappa shape index (κ1) is 35.5. The highest BCUT2D eigenvalue weighted by atomic mass is 127. The highest BCUT2D eigenvalue weighted by Gasteiger charge is 2.40. The molecule has 0 radical (unpaired) electrons. The van der Waals surface area contributed by atoms with Gasteiger partial charge in [0.25, 0.3) is 0 Å². The molecule has 0 saturated carbocycles. The Kier molecular flexibility index (Phi) is 18.3. The fourth-order valence-corrected chi connectivity index (χ4v) is 5.90. The van der Waals surface area contributed by atoms with Crippen LogP contribution in [-0.4, -0.2) is 64.9 Å². The SMILES string of the molecule is CCCCCCCCCCCC(=O)N(CCCCCC)[C@@H]1CC(C(=O)NCCO)=C[C@H](Oc2ccccc2I)[C@H]1O. The Labute approximate surface area is 261 Å². The summed E-state index contributed by atoms with van der Waals surface area (Å²) in [7, 11) is 0. The first-order valence-electron chi connectivity index (χ1n) is 15.9. The standard InChI is InChI=1S/C33H53IN2O5/c1-3-5-7-9-10-11-12-13-14-20-31(38)36(22-17-8-6-4-2)28-24-26(33(40)35-21-23-37)25-30(32(28)39)41-29-19-16-15-18-27(29)34/h15-16,18-19,25,28,30,32,37,39H,3-14,17,20-24H2,1-2H3,(H,35,40)/t28-,30+,32+/m1/s1. The molecule has 3 atom stereocenters. The van der Waals surface area contributed by atoms with Crippen molar-refractivity contribution >= 4 is 34.4 Å². The van der Waals surface area contributed by atoms with Gasteiger partial charge in [0.2, 0.25) is 11.8 Å². The number of nitrogens with zero attached hydrogens (tertiary/aromatic N) is 1. The monoisotopic (exact) mass is 684 g/mol. The molecule has 3 N–H and O–H groups in total. The minimum atomic E-state index is -0.973. The molecule has 232 valence electrons. The molecule has 0 heterocycles. The number of aliphatic hydroxyl groups is 2. The average molecular weight is 685 g/mol. The van der Waals surface area contributed by atoms with Gasteiger partial charge in [0, 0.05) is 31.5 Å². The van der Waals surface area contributed by atoms with E-state index < -0.39 is 18.2 Å². The molecule has 1 aliphatic rings. The quantitative estimate of drug-likeness (QED) is 0.101. The van der Waals surface area contributed by atoms with Crippen molar-refractivity contribution in [3.05, 3.63) is 39.5 Å². The summed E-state index contributed by atoms with van der Waals surface area (Å²) in [5, 5.41) is 23.5. The number of hydrogen-bond donors (Lipinski definition) is 3. The molecular formula is C33H53IN2O5. The van der Waals surface area contributed by atoms with Gasteiger partial charge in [0.15, 0.2) is 0 Å². The molecule has 0 aliphatic heterocycles. The van der Waals surface area contributed by atoms with Crippen LogP contribution in [0.15, 0.2) is 35.9 Å². The lowest BCUT2D eigenvalue weighted by Crippen LogP contribution is -2.55. The zero-order valence-electron chi connectivity index (χ0n) is 25.3. The van der Waals surface area contributed by atoms with Gasteiger partial charge in [0.1, 0.15) is 18.0 Å². The van der Waals surface area contributed by atoms with Crippen molar-refractivity contribution in [1.82, 2.24) is 10.2 Å². The second-order valence-electron chi connectivity index (χ2n) is 11.2. The number of halogens is 1. The number of benzene rings is 1. The molecule has 0 bridgehead atoms. The molecule has 7 nitrogen and oxygen atoms in total. The number of unbranched alkanes of at least 4 members (excludes halogenated alkanes) is 11. The van der Waals surface area contributed by atoms with Gasteiger partial charge in [-0.05, 0) is 53.6 Å². The molecule has 41 heavy (non-hydrogen) atoms. The Morgan fingerprint density at radius 3 is 2.20 bits per heavy atom. The summed E-state index contributed by atoms with van der Waals surface area (Å²) in [5.41, 5.74) is 0.471. The number of amides is 2. The van der Waals surface area contributed by atoms with Crippen LogP contribution in [0.1, 0.15) is 110 Å². The van der Waals surface area contributed by atoms with E-state index in [4.69, 9.17) is 4.74 Å². The Balaban J connectivity index is 2.14. The summed E-state index contributed by atoms with van der Waals surface area (Å²) >= 11 is 2.19. The predicted molar refractivity (Wildman–Crippen MR) is 174 cm³/mol. The summed E-state index contributed by atoms with van der Waals surface area (Å²) in [4.78, 5) is 28.5. The van der Waals surface area contributed by atoms with E-state index in [1.165, 1.54) is 38.5 Å². The highest BCUT2D eigenvalue weighted by Crippen LogP contribution is 2.30. The van der Waals surface area contributed by atoms with E-state index >= 15 is 0 Å². The summed E-state index contributed by atoms with van der Waals surface area (Å²) in [5.74, 6) is 0.364. The third kappa shape index (κ3) is 13.0. The maximum Gasteiger partial charge on any atom is 0.247 e. The molecule has 2 amide bonds. The predicted octanol–water partition coefficient (Wildman–Crippen LogP) is 6.54. The number of nitrogens with one attached hydrogen (secondary N) is 1. The van der Waals surface area contributed by atoms with Crippen LogP contribution in [0.2, 0.25) is 0 Å². The van der Waals surface area contributed by atoms with E-state index in [2.05, 4.69) is 41.8 Å².